The average molecular weight is 450 g/mol. The summed E-state index contributed by atoms with van der Waals surface area (Å²) in [5.41, 5.74) is 9.04. The van der Waals surface area contributed by atoms with E-state index in [4.69, 9.17) is 5.73 Å². The van der Waals surface area contributed by atoms with Crippen LogP contribution in [0.25, 0.3) is 10.3 Å². The molecule has 1 aliphatic heterocycles. The van der Waals surface area contributed by atoms with Crippen LogP contribution in [0.4, 0.5) is 31.0 Å². The number of anilines is 3. The van der Waals surface area contributed by atoms with Crippen molar-refractivity contribution in [3.05, 3.63) is 23.3 Å². The third-order valence-corrected chi connectivity index (χ3v) is 5.61. The number of fused-ring (bicyclic) bond motifs is 1. The number of nitrogens with one attached hydrogen (secondary N) is 1. The minimum absolute atomic E-state index is 0.0419. The van der Waals surface area contributed by atoms with Crippen LogP contribution in [-0.4, -0.2) is 63.2 Å². The highest BCUT2D eigenvalue weighted by Crippen LogP contribution is 2.29. The van der Waals surface area contributed by atoms with Gasteiger partial charge in [-0.25, -0.2) is 19.7 Å². The first kappa shape index (κ1) is 20.9. The summed E-state index contributed by atoms with van der Waals surface area (Å²) in [6, 6.07) is 2.42. The summed E-state index contributed by atoms with van der Waals surface area (Å²) in [5, 5.41) is 2.78. The van der Waals surface area contributed by atoms with Crippen molar-refractivity contribution >= 4 is 45.2 Å². The van der Waals surface area contributed by atoms with E-state index in [0.29, 0.717) is 42.4 Å². The fourth-order valence-corrected chi connectivity index (χ4v) is 4.10. The second-order valence-corrected chi connectivity index (χ2v) is 7.82. The van der Waals surface area contributed by atoms with Crippen LogP contribution < -0.4 is 20.7 Å². The van der Waals surface area contributed by atoms with Crippen LogP contribution in [-0.2, 0) is 0 Å². The Hall–Kier alpha value is -3.35. The van der Waals surface area contributed by atoms with Crippen LogP contribution in [0.3, 0.4) is 0 Å². The van der Waals surface area contributed by atoms with E-state index < -0.39 is 6.61 Å². The van der Waals surface area contributed by atoms with E-state index in [9.17, 15) is 13.6 Å². The number of nitrogens with zero attached hydrogens (tertiary/aromatic N) is 6. The zero-order valence-corrected chi connectivity index (χ0v) is 17.6. The number of aryl methyl sites for hydroxylation is 1. The van der Waals surface area contributed by atoms with E-state index in [-0.39, 0.29) is 23.9 Å². The number of thiazole rings is 1. The molecule has 4 rings (SSSR count). The molecule has 0 aromatic carbocycles. The molecule has 2 amide bonds. The number of piperazine rings is 1. The lowest BCUT2D eigenvalue weighted by Gasteiger charge is -2.40. The minimum Gasteiger partial charge on any atom is -0.417 e. The SMILES string of the molecule is Cc1nc(OC(F)F)ccc1NC(=O)N1CCN(c2nc(N)nc3scnc23)C(C)C1. The first-order chi connectivity index (χ1) is 14.8. The van der Waals surface area contributed by atoms with Gasteiger partial charge in [0.25, 0.3) is 0 Å². The van der Waals surface area contributed by atoms with Crippen molar-refractivity contribution in [1.29, 1.82) is 0 Å². The molecule has 3 aromatic rings. The Morgan fingerprint density at radius 1 is 1.32 bits per heavy atom. The summed E-state index contributed by atoms with van der Waals surface area (Å²) in [7, 11) is 0. The quantitative estimate of drug-likeness (QED) is 0.622. The highest BCUT2D eigenvalue weighted by atomic mass is 32.1. The second-order valence-electron chi connectivity index (χ2n) is 6.99. The van der Waals surface area contributed by atoms with Gasteiger partial charge in [-0.3, -0.25) is 0 Å². The molecule has 0 saturated carbocycles. The number of rotatable bonds is 4. The molecule has 13 heteroatoms. The fourth-order valence-electron chi connectivity index (χ4n) is 3.44. The lowest BCUT2D eigenvalue weighted by atomic mass is 10.2. The van der Waals surface area contributed by atoms with Gasteiger partial charge in [0, 0.05) is 31.7 Å². The van der Waals surface area contributed by atoms with Crippen molar-refractivity contribution in [2.75, 3.05) is 35.6 Å². The Morgan fingerprint density at radius 2 is 2.13 bits per heavy atom. The summed E-state index contributed by atoms with van der Waals surface area (Å²) >= 11 is 1.39. The van der Waals surface area contributed by atoms with Gasteiger partial charge in [-0.05, 0) is 19.9 Å². The molecule has 1 saturated heterocycles. The summed E-state index contributed by atoms with van der Waals surface area (Å²) in [6.45, 7) is 2.06. The van der Waals surface area contributed by atoms with Gasteiger partial charge >= 0.3 is 12.6 Å². The predicted octanol–water partition coefficient (Wildman–Crippen LogP) is 2.72. The van der Waals surface area contributed by atoms with Crippen molar-refractivity contribution in [2.24, 2.45) is 0 Å². The van der Waals surface area contributed by atoms with Gasteiger partial charge in [0.15, 0.2) is 10.6 Å². The molecule has 31 heavy (non-hydrogen) atoms. The van der Waals surface area contributed by atoms with Gasteiger partial charge in [0.05, 0.1) is 16.9 Å². The van der Waals surface area contributed by atoms with Crippen molar-refractivity contribution in [1.82, 2.24) is 24.8 Å². The van der Waals surface area contributed by atoms with Crippen molar-refractivity contribution in [3.8, 4) is 5.88 Å². The molecule has 164 valence electrons. The number of halogens is 2. The summed E-state index contributed by atoms with van der Waals surface area (Å²) in [5.74, 6) is 0.637. The van der Waals surface area contributed by atoms with E-state index in [1.54, 1.807) is 17.3 Å². The normalized spacial score (nSPS) is 16.7. The number of hydrogen-bond donors (Lipinski definition) is 2. The number of pyridine rings is 1. The number of nitrogen functional groups attached to an aromatic ring is 1. The molecule has 1 unspecified atom stereocenters. The molecule has 0 radical (unpaired) electrons. The van der Waals surface area contributed by atoms with Gasteiger partial charge in [0.2, 0.25) is 11.8 Å². The first-order valence-corrected chi connectivity index (χ1v) is 10.3. The number of hydrogen-bond acceptors (Lipinski definition) is 9. The molecule has 0 spiro atoms. The van der Waals surface area contributed by atoms with Crippen molar-refractivity contribution in [3.63, 3.8) is 0 Å². The standard InChI is InChI=1S/C18H20F2N8O2S/c1-9-7-27(18(29)24-11-3-4-12(23-10(11)2)30-16(19)20)5-6-28(9)14-13-15(31-8-22-13)26-17(21)25-14/h3-4,8-9,16H,5-7H2,1-2H3,(H,24,29)(H2,21,25,26). The molecule has 10 nitrogen and oxygen atoms in total. The van der Waals surface area contributed by atoms with Gasteiger partial charge in [0.1, 0.15) is 5.52 Å². The topological polar surface area (TPSA) is 122 Å². The number of amides is 2. The molecule has 4 heterocycles. The Morgan fingerprint density at radius 3 is 2.84 bits per heavy atom. The lowest BCUT2D eigenvalue weighted by molar-refractivity contribution is -0.0529. The first-order valence-electron chi connectivity index (χ1n) is 9.43. The number of carbonyl (C=O) groups is 1. The molecule has 0 bridgehead atoms. The smallest absolute Gasteiger partial charge is 0.388 e. The third kappa shape index (κ3) is 4.40. The molecule has 1 atom stereocenters. The van der Waals surface area contributed by atoms with Crippen LogP contribution in [0.15, 0.2) is 17.6 Å². The monoisotopic (exact) mass is 450 g/mol. The summed E-state index contributed by atoms with van der Waals surface area (Å²) in [6.07, 6.45) is 0. The Labute approximate surface area is 180 Å². The Kier molecular flexibility index (Phi) is 5.67. The number of carbonyl (C=O) groups excluding carboxylic acids is 1. The fraction of sp³-hybridized carbons (Fsp3) is 0.389. The van der Waals surface area contributed by atoms with E-state index in [1.165, 1.54) is 23.5 Å². The maximum atomic E-state index is 12.8. The third-order valence-electron chi connectivity index (χ3n) is 4.90. The summed E-state index contributed by atoms with van der Waals surface area (Å²) < 4.78 is 28.9. The average Bonchev–Trinajstić information content (AvgIpc) is 3.17. The number of aromatic nitrogens is 4. The molecule has 3 N–H and O–H groups in total. The van der Waals surface area contributed by atoms with Crippen molar-refractivity contribution < 1.29 is 18.3 Å². The molecular weight excluding hydrogens is 430 g/mol. The Bertz CT molecular complexity index is 1110. The van der Waals surface area contributed by atoms with E-state index in [0.717, 1.165) is 4.83 Å². The predicted molar refractivity (Wildman–Crippen MR) is 113 cm³/mol. The molecule has 1 aliphatic rings. The highest BCUT2D eigenvalue weighted by molar-refractivity contribution is 7.16. The number of nitrogens with two attached hydrogens (primary N) is 1. The number of urea groups is 1. The molecule has 1 fully saturated rings. The molecular formula is C18H20F2N8O2S. The number of ether oxygens (including phenoxy) is 1. The maximum absolute atomic E-state index is 12.8. The Balaban J connectivity index is 1.44. The van der Waals surface area contributed by atoms with Crippen LogP contribution in [0.5, 0.6) is 5.88 Å². The van der Waals surface area contributed by atoms with Crippen LogP contribution in [0.2, 0.25) is 0 Å². The zero-order valence-electron chi connectivity index (χ0n) is 16.7. The maximum Gasteiger partial charge on any atom is 0.388 e. The largest absolute Gasteiger partial charge is 0.417 e. The summed E-state index contributed by atoms with van der Waals surface area (Å²) in [4.78, 5) is 34.1. The van der Waals surface area contributed by atoms with Gasteiger partial charge in [-0.15, -0.1) is 11.3 Å². The van der Waals surface area contributed by atoms with Crippen LogP contribution in [0, 0.1) is 6.92 Å². The lowest BCUT2D eigenvalue weighted by Crippen LogP contribution is -2.55. The van der Waals surface area contributed by atoms with Crippen LogP contribution >= 0.6 is 11.3 Å². The van der Waals surface area contributed by atoms with Gasteiger partial charge < -0.3 is 25.6 Å². The van der Waals surface area contributed by atoms with Crippen LogP contribution in [0.1, 0.15) is 12.6 Å². The van der Waals surface area contributed by atoms with E-state index in [2.05, 4.69) is 34.9 Å². The molecule has 0 aliphatic carbocycles. The molecule has 3 aromatic heterocycles. The zero-order chi connectivity index (χ0) is 22.1. The second kappa shape index (κ2) is 8.41. The minimum atomic E-state index is -2.96. The highest BCUT2D eigenvalue weighted by Gasteiger charge is 2.30. The number of alkyl halides is 2. The van der Waals surface area contributed by atoms with Gasteiger partial charge in [-0.2, -0.15) is 13.8 Å². The van der Waals surface area contributed by atoms with E-state index >= 15 is 0 Å². The van der Waals surface area contributed by atoms with Gasteiger partial charge in [-0.1, -0.05) is 0 Å². The van der Waals surface area contributed by atoms with E-state index in [1.807, 2.05) is 6.92 Å². The van der Waals surface area contributed by atoms with Crippen molar-refractivity contribution in [2.45, 2.75) is 26.5 Å².